The molecule has 0 saturated carbocycles. The zero-order valence-electron chi connectivity index (χ0n) is 43.4. The van der Waals surface area contributed by atoms with E-state index in [2.05, 4.69) is 213 Å². The summed E-state index contributed by atoms with van der Waals surface area (Å²) < 4.78 is 47.9. The molecule has 0 atom stereocenters. The molecule has 16 rings (SSSR count). The molecule has 0 saturated heterocycles. The molecule has 14 aromatic rings. The Morgan fingerprint density at radius 3 is 1.57 bits per heavy atom. The number of ether oxygens (including phenoxy) is 1. The molecule has 2 aliphatic heterocycles. The minimum Gasteiger partial charge on any atom is -0.458 e. The maximum atomic E-state index is 15.4. The number of furan rings is 1. The van der Waals surface area contributed by atoms with Crippen molar-refractivity contribution in [3.05, 3.63) is 285 Å². The zero-order valence-corrected chi connectivity index (χ0v) is 43.4. The molecule has 0 radical (unpaired) electrons. The van der Waals surface area contributed by atoms with E-state index in [9.17, 15) is 0 Å². The first-order chi connectivity index (χ1) is 40.0. The molecular formula is C72H45BF2N4O2. The number of hydrogen-bond donors (Lipinski definition) is 0. The fourth-order valence-electron chi connectivity index (χ4n) is 12.7. The third-order valence-corrected chi connectivity index (χ3v) is 16.1. The lowest BCUT2D eigenvalue weighted by Gasteiger charge is -2.42. The number of hydrogen-bond acceptors (Lipinski definition) is 5. The molecule has 9 heteroatoms. The molecule has 81 heavy (non-hydrogen) atoms. The van der Waals surface area contributed by atoms with Crippen LogP contribution in [0.3, 0.4) is 0 Å². The Bertz CT molecular complexity index is 4650. The van der Waals surface area contributed by atoms with Gasteiger partial charge < -0.3 is 28.4 Å². The number of halogens is 2. The molecule has 0 unspecified atom stereocenters. The molecule has 0 amide bonds. The average molecular weight is 1050 g/mol. The van der Waals surface area contributed by atoms with E-state index in [4.69, 9.17) is 9.15 Å². The summed E-state index contributed by atoms with van der Waals surface area (Å²) in [5.41, 5.74) is 17.3. The topological polar surface area (TPSA) is 37.0 Å². The molecule has 0 fully saturated rings. The molecule has 2 aromatic heterocycles. The van der Waals surface area contributed by atoms with Crippen molar-refractivity contribution in [2.75, 3.05) is 14.7 Å². The minimum atomic E-state index is -0.431. The Kier molecular flexibility index (Phi) is 10.6. The van der Waals surface area contributed by atoms with Crippen LogP contribution in [-0.2, 0) is 0 Å². The van der Waals surface area contributed by atoms with E-state index < -0.39 is 18.3 Å². The highest BCUT2D eigenvalue weighted by Crippen LogP contribution is 2.51. The van der Waals surface area contributed by atoms with Gasteiger partial charge >= 0.3 is 0 Å². The van der Waals surface area contributed by atoms with Crippen LogP contribution >= 0.6 is 0 Å². The summed E-state index contributed by atoms with van der Waals surface area (Å²) in [7, 11) is 0. The Labute approximate surface area is 465 Å². The van der Waals surface area contributed by atoms with Gasteiger partial charge in [-0.2, -0.15) is 0 Å². The van der Waals surface area contributed by atoms with Crippen LogP contribution in [-0.4, -0.2) is 11.3 Å². The highest BCUT2D eigenvalue weighted by Gasteiger charge is 2.46. The van der Waals surface area contributed by atoms with Crippen LogP contribution in [0.5, 0.6) is 11.5 Å². The van der Waals surface area contributed by atoms with Gasteiger partial charge in [-0.05, 0) is 132 Å². The third-order valence-electron chi connectivity index (χ3n) is 16.1. The lowest BCUT2D eigenvalue weighted by atomic mass is 9.34. The molecule has 382 valence electrons. The second-order valence-electron chi connectivity index (χ2n) is 20.7. The second-order valence-corrected chi connectivity index (χ2v) is 20.7. The highest BCUT2D eigenvalue weighted by molar-refractivity contribution is 7.00. The number of para-hydroxylation sites is 6. The van der Waals surface area contributed by atoms with Crippen molar-refractivity contribution in [2.45, 2.75) is 0 Å². The lowest BCUT2D eigenvalue weighted by Crippen LogP contribution is -2.59. The van der Waals surface area contributed by atoms with Gasteiger partial charge in [0.1, 0.15) is 34.3 Å². The van der Waals surface area contributed by atoms with Crippen molar-refractivity contribution in [3.63, 3.8) is 0 Å². The SMILES string of the molecule is Fc1ccc2c(c1)c1cc(F)ccc1n2-c1cc2c3c(c1)N(c1ccccc1-c1ccccc1)c1cc(N(c4ccccc4)c4ccccc4)ccc1B3c1c(cc(N(c3ccccc3)c3ccccc3)c3c1oc1ccccc13)O2. The first-order valence-electron chi connectivity index (χ1n) is 27.1. The van der Waals surface area contributed by atoms with Gasteiger partial charge in [-0.15, -0.1) is 0 Å². The first-order valence-corrected chi connectivity index (χ1v) is 27.1. The molecule has 4 heterocycles. The fraction of sp³-hybridized carbons (Fsp3) is 0. The standard InChI is InChI=1S/C72H45BF2N4O2/c74-47-34-38-61-57(40-47)58-41-48(75)35-39-62(58)78(61)54-43-65-70-67(44-54)80-68-45-64(77(51-26-12-4-13-27-51)52-28-14-5-15-29-52)69-56-31-17-19-33-66(56)81-72(69)71(68)73(70)59-37-36-53(76(49-22-8-2-9-23-49)50-24-10-3-11-25-50)42-63(59)79(65)60-32-18-16-30-55(60)46-20-6-1-7-21-46/h1-45H. The summed E-state index contributed by atoms with van der Waals surface area (Å²) in [6.45, 7) is -0.431. The number of fused-ring (bicyclic) bond motifs is 11. The molecule has 12 aromatic carbocycles. The van der Waals surface area contributed by atoms with Crippen molar-refractivity contribution in [2.24, 2.45) is 0 Å². The van der Waals surface area contributed by atoms with Crippen molar-refractivity contribution in [1.29, 1.82) is 0 Å². The highest BCUT2D eigenvalue weighted by atomic mass is 19.1. The normalized spacial score (nSPS) is 12.4. The van der Waals surface area contributed by atoms with Crippen LogP contribution in [0.15, 0.2) is 277 Å². The summed E-state index contributed by atoms with van der Waals surface area (Å²) in [5, 5.41) is 3.14. The van der Waals surface area contributed by atoms with Gasteiger partial charge in [0.25, 0.3) is 6.71 Å². The van der Waals surface area contributed by atoms with Crippen molar-refractivity contribution in [1.82, 2.24) is 4.57 Å². The average Bonchev–Trinajstić information content (AvgIpc) is 4.26. The molecule has 0 bridgehead atoms. The molecule has 0 N–H and O–H groups in total. The maximum absolute atomic E-state index is 15.4. The molecule has 0 aliphatic carbocycles. The monoisotopic (exact) mass is 1050 g/mol. The predicted molar refractivity (Wildman–Crippen MR) is 329 cm³/mol. The van der Waals surface area contributed by atoms with Gasteiger partial charge in [0, 0.05) is 79.1 Å². The van der Waals surface area contributed by atoms with Gasteiger partial charge in [0.2, 0.25) is 0 Å². The van der Waals surface area contributed by atoms with Crippen LogP contribution in [0, 0.1) is 11.6 Å². The fourth-order valence-corrected chi connectivity index (χ4v) is 12.7. The largest absolute Gasteiger partial charge is 0.458 e. The van der Waals surface area contributed by atoms with E-state index >= 15 is 8.78 Å². The lowest BCUT2D eigenvalue weighted by molar-refractivity contribution is 0.487. The van der Waals surface area contributed by atoms with E-state index in [-0.39, 0.29) is 0 Å². The van der Waals surface area contributed by atoms with Gasteiger partial charge in [-0.1, -0.05) is 146 Å². The quantitative estimate of drug-likeness (QED) is 0.135. The Morgan fingerprint density at radius 1 is 0.395 bits per heavy atom. The van der Waals surface area contributed by atoms with E-state index in [1.807, 2.05) is 42.5 Å². The van der Waals surface area contributed by atoms with Gasteiger partial charge in [-0.25, -0.2) is 8.78 Å². The van der Waals surface area contributed by atoms with Crippen LogP contribution in [0.25, 0.3) is 60.6 Å². The number of aromatic nitrogens is 1. The number of anilines is 9. The van der Waals surface area contributed by atoms with Crippen molar-refractivity contribution < 1.29 is 17.9 Å². The Balaban J connectivity index is 1.05. The second kappa shape index (κ2) is 18.5. The summed E-state index contributed by atoms with van der Waals surface area (Å²) in [6.07, 6.45) is 0. The smallest absolute Gasteiger partial charge is 0.261 e. The Morgan fingerprint density at radius 2 is 0.938 bits per heavy atom. The van der Waals surface area contributed by atoms with Crippen LogP contribution in [0.2, 0.25) is 0 Å². The van der Waals surface area contributed by atoms with E-state index in [0.29, 0.717) is 22.3 Å². The molecular weight excluding hydrogens is 1000 g/mol. The maximum Gasteiger partial charge on any atom is 0.261 e. The van der Waals surface area contributed by atoms with Crippen LogP contribution in [0.1, 0.15) is 0 Å². The summed E-state index contributed by atoms with van der Waals surface area (Å²) in [6, 6.07) is 92.0. The van der Waals surface area contributed by atoms with Gasteiger partial charge in [-0.3, -0.25) is 0 Å². The number of benzene rings is 12. The predicted octanol–water partition coefficient (Wildman–Crippen LogP) is 18.0. The van der Waals surface area contributed by atoms with E-state index in [0.717, 1.165) is 117 Å². The van der Waals surface area contributed by atoms with E-state index in [1.165, 1.54) is 24.3 Å². The van der Waals surface area contributed by atoms with Crippen molar-refractivity contribution >= 4 is 118 Å². The number of rotatable bonds is 9. The first kappa shape index (κ1) is 46.5. The third kappa shape index (κ3) is 7.39. The van der Waals surface area contributed by atoms with Gasteiger partial charge in [0.15, 0.2) is 0 Å². The van der Waals surface area contributed by atoms with Crippen molar-refractivity contribution in [3.8, 4) is 28.3 Å². The van der Waals surface area contributed by atoms with Crippen LogP contribution in [0.4, 0.5) is 60.0 Å². The van der Waals surface area contributed by atoms with Crippen LogP contribution < -0.4 is 35.8 Å². The molecule has 6 nitrogen and oxygen atoms in total. The Hall–Kier alpha value is -10.6. The number of nitrogens with zero attached hydrogens (tertiary/aromatic N) is 4. The summed E-state index contributed by atoms with van der Waals surface area (Å²) in [4.78, 5) is 6.98. The zero-order chi connectivity index (χ0) is 53.7. The van der Waals surface area contributed by atoms with Gasteiger partial charge in [0.05, 0.1) is 33.5 Å². The molecule has 2 aliphatic rings. The summed E-state index contributed by atoms with van der Waals surface area (Å²) in [5.74, 6) is 0.471. The molecule has 0 spiro atoms. The summed E-state index contributed by atoms with van der Waals surface area (Å²) >= 11 is 0. The van der Waals surface area contributed by atoms with E-state index in [1.54, 1.807) is 12.1 Å². The minimum absolute atomic E-state index is 0.405.